The zero-order chi connectivity index (χ0) is 35.9. The van der Waals surface area contributed by atoms with Gasteiger partial charge >= 0.3 is 17.9 Å². The van der Waals surface area contributed by atoms with Gasteiger partial charge < -0.3 is 39.4 Å². The van der Waals surface area contributed by atoms with Crippen LogP contribution in [0.1, 0.15) is 47.3 Å². The van der Waals surface area contributed by atoms with Crippen LogP contribution >= 0.6 is 0 Å². The highest BCUT2D eigenvalue weighted by Crippen LogP contribution is 2.55. The van der Waals surface area contributed by atoms with Crippen molar-refractivity contribution in [2.75, 3.05) is 26.6 Å². The van der Waals surface area contributed by atoms with Crippen molar-refractivity contribution >= 4 is 35.8 Å². The summed E-state index contributed by atoms with van der Waals surface area (Å²) in [4.78, 5) is 71.6. The van der Waals surface area contributed by atoms with Crippen molar-refractivity contribution in [3.05, 3.63) is 76.9 Å². The van der Waals surface area contributed by atoms with E-state index in [0.717, 1.165) is 0 Å². The average Bonchev–Trinajstić information content (AvgIpc) is 3.81. The molecule has 1 aliphatic carbocycles. The number of fused-ring (bicyclic) bond motifs is 4. The molecule has 3 N–H and O–H groups in total. The molecule has 0 radical (unpaired) electrons. The van der Waals surface area contributed by atoms with Gasteiger partial charge in [0.1, 0.15) is 43.2 Å². The van der Waals surface area contributed by atoms with Gasteiger partial charge in [-0.3, -0.25) is 19.2 Å². The molecule has 270 valence electrons. The molecule has 0 aromatic heterocycles. The van der Waals surface area contributed by atoms with Crippen LogP contribution in [0.15, 0.2) is 54.6 Å². The number of carbonyl (C=O) groups is 5. The van der Waals surface area contributed by atoms with Gasteiger partial charge in [0, 0.05) is 36.6 Å². The number of nitrogens with one attached hydrogen (secondary N) is 2. The highest BCUT2D eigenvalue weighted by molar-refractivity contribution is 5.95. The van der Waals surface area contributed by atoms with Crippen LogP contribution in [-0.4, -0.2) is 103 Å². The number of aliphatic hydroxyl groups excluding tert-OH is 1. The van der Waals surface area contributed by atoms with Crippen LogP contribution in [-0.2, 0) is 60.8 Å². The molecule has 15 heteroatoms. The van der Waals surface area contributed by atoms with Crippen molar-refractivity contribution in [1.29, 1.82) is 0 Å². The number of rotatable bonds is 11. The number of hydrogen-bond acceptors (Lipinski definition) is 13. The van der Waals surface area contributed by atoms with Crippen molar-refractivity contribution in [3.8, 4) is 0 Å². The van der Waals surface area contributed by atoms with Gasteiger partial charge in [0.2, 0.25) is 12.0 Å². The molecule has 5 fully saturated rings. The predicted molar refractivity (Wildman–Crippen MR) is 174 cm³/mol. The number of esters is 3. The first-order valence-corrected chi connectivity index (χ1v) is 16.8. The molecule has 7 atom stereocenters. The van der Waals surface area contributed by atoms with Gasteiger partial charge in [-0.15, -0.1) is 0 Å². The van der Waals surface area contributed by atoms with E-state index >= 15 is 0 Å². The Kier molecular flexibility index (Phi) is 9.41. The molecule has 7 rings (SSSR count). The number of hydroxylamine groups is 2. The molecule has 15 nitrogen and oxygen atoms in total. The summed E-state index contributed by atoms with van der Waals surface area (Å²) in [6.07, 6.45) is -0.906. The lowest BCUT2D eigenvalue weighted by molar-refractivity contribution is -0.201. The summed E-state index contributed by atoms with van der Waals surface area (Å²) >= 11 is 0. The van der Waals surface area contributed by atoms with Gasteiger partial charge in [0.25, 0.3) is 5.91 Å². The Hall–Kier alpha value is -4.67. The molecular formula is C36H39N3O12. The van der Waals surface area contributed by atoms with Gasteiger partial charge in [-0.2, -0.15) is 5.06 Å². The second-order valence-electron chi connectivity index (χ2n) is 14.0. The first kappa shape index (κ1) is 34.8. The van der Waals surface area contributed by atoms with Crippen molar-refractivity contribution in [2.45, 2.75) is 69.9 Å². The van der Waals surface area contributed by atoms with Crippen molar-refractivity contribution in [1.82, 2.24) is 15.7 Å². The van der Waals surface area contributed by atoms with Crippen LogP contribution in [0.5, 0.6) is 0 Å². The second kappa shape index (κ2) is 13.8. The Morgan fingerprint density at radius 1 is 1.02 bits per heavy atom. The molecule has 51 heavy (non-hydrogen) atoms. The highest BCUT2D eigenvalue weighted by Gasteiger charge is 2.74. The van der Waals surface area contributed by atoms with Gasteiger partial charge in [-0.05, 0) is 34.9 Å². The monoisotopic (exact) mass is 705 g/mol. The number of carbonyl (C=O) groups excluding carboxylic acids is 5. The number of cyclic esters (lactones) is 1. The summed E-state index contributed by atoms with van der Waals surface area (Å²) in [6.45, 7) is 3.77. The molecule has 0 unspecified atom stereocenters. The Morgan fingerprint density at radius 2 is 1.80 bits per heavy atom. The van der Waals surface area contributed by atoms with E-state index in [-0.39, 0.29) is 52.0 Å². The van der Waals surface area contributed by atoms with Gasteiger partial charge in [0.05, 0.1) is 13.2 Å². The number of amides is 2. The molecule has 4 aliphatic heterocycles. The summed E-state index contributed by atoms with van der Waals surface area (Å²) < 4.78 is 28.0. The minimum atomic E-state index is -1.37. The first-order valence-electron chi connectivity index (χ1n) is 16.8. The Bertz CT molecular complexity index is 1760. The fourth-order valence-electron chi connectivity index (χ4n) is 7.50. The van der Waals surface area contributed by atoms with Crippen LogP contribution in [0.3, 0.4) is 0 Å². The zero-order valence-corrected chi connectivity index (χ0v) is 28.1. The zero-order valence-electron chi connectivity index (χ0n) is 28.1. The number of benzene rings is 2. The SMILES string of the molecule is CC1(C)COC(=O)[C@@H]1OC(=O)C=Cc1cccc(CN2O[C@@H]3[C@H]4OCO[C@H]4[C@@H]4C[C@]3(C(=O)NCc3cccc(C(=O)NCCO)c3)[C@@H]2C(=O)O4)c1. The van der Waals surface area contributed by atoms with Gasteiger partial charge in [-0.1, -0.05) is 50.2 Å². The number of aliphatic hydroxyl groups is 1. The summed E-state index contributed by atoms with van der Waals surface area (Å²) in [6, 6.07) is 12.8. The second-order valence-corrected chi connectivity index (χ2v) is 14.0. The number of ether oxygens (including phenoxy) is 5. The first-order chi connectivity index (χ1) is 24.5. The lowest BCUT2D eigenvalue weighted by Gasteiger charge is -2.48. The third-order valence-electron chi connectivity index (χ3n) is 9.98. The minimum Gasteiger partial charge on any atom is -0.462 e. The predicted octanol–water partition coefficient (Wildman–Crippen LogP) is 0.775. The number of nitrogens with zero attached hydrogens (tertiary/aromatic N) is 1. The van der Waals surface area contributed by atoms with E-state index < -0.39 is 71.2 Å². The molecule has 4 saturated heterocycles. The van der Waals surface area contributed by atoms with E-state index in [0.29, 0.717) is 22.3 Å². The molecule has 4 heterocycles. The topological polar surface area (TPSA) is 188 Å². The third kappa shape index (κ3) is 6.51. The molecule has 0 spiro atoms. The van der Waals surface area contributed by atoms with E-state index in [1.165, 1.54) is 11.1 Å². The maximum atomic E-state index is 14.3. The summed E-state index contributed by atoms with van der Waals surface area (Å²) in [5.41, 5.74) is 0.381. The van der Waals surface area contributed by atoms with Gasteiger partial charge in [-0.25, -0.2) is 9.59 Å². The molecule has 1 saturated carbocycles. The van der Waals surface area contributed by atoms with Crippen LogP contribution in [0.25, 0.3) is 6.08 Å². The van der Waals surface area contributed by atoms with E-state index in [4.69, 9.17) is 33.6 Å². The largest absolute Gasteiger partial charge is 0.462 e. The molecular weight excluding hydrogens is 666 g/mol. The molecule has 2 aromatic rings. The van der Waals surface area contributed by atoms with Crippen LogP contribution < -0.4 is 10.6 Å². The fraction of sp³-hybridized carbons (Fsp3) is 0.472. The summed E-state index contributed by atoms with van der Waals surface area (Å²) in [5, 5.41) is 16.1. The van der Waals surface area contributed by atoms with Crippen LogP contribution in [0, 0.1) is 10.8 Å². The normalized spacial score (nSPS) is 30.4. The Labute approximate surface area is 293 Å². The lowest BCUT2D eigenvalue weighted by atomic mass is 9.62. The van der Waals surface area contributed by atoms with Gasteiger partial charge in [0.15, 0.2) is 6.04 Å². The Morgan fingerprint density at radius 3 is 2.59 bits per heavy atom. The maximum absolute atomic E-state index is 14.3. The van der Waals surface area contributed by atoms with Crippen molar-refractivity contribution < 1.29 is 57.6 Å². The highest BCUT2D eigenvalue weighted by atomic mass is 16.8. The quantitative estimate of drug-likeness (QED) is 0.169. The third-order valence-corrected chi connectivity index (χ3v) is 9.98. The van der Waals surface area contributed by atoms with Crippen molar-refractivity contribution in [3.63, 3.8) is 0 Å². The molecule has 2 amide bonds. The minimum absolute atomic E-state index is 0.0347. The smallest absolute Gasteiger partial charge is 0.348 e. The standard InChI is InChI=1S/C36H39N3O12/c1-35(2)18-46-33(44)30(35)50-25(41)10-9-20-5-3-7-22(13-20)17-39-28-32(43)49-24-15-36(28,29(51-39)27-26(24)47-19-48-27)34(45)38-16-21-6-4-8-23(14-21)31(42)37-11-12-40/h3-10,13-14,24,26-30,40H,11-12,15-19H2,1-2H3,(H,37,42)(H,38,45)/t24-,26-,27-,28-,29+,30-,36-/m0/s1. The van der Waals surface area contributed by atoms with Crippen LogP contribution in [0.2, 0.25) is 0 Å². The molecule has 2 aromatic carbocycles. The molecule has 5 aliphatic rings. The fourth-order valence-corrected chi connectivity index (χ4v) is 7.50. The van der Waals surface area contributed by atoms with E-state index in [2.05, 4.69) is 10.6 Å². The summed E-state index contributed by atoms with van der Waals surface area (Å²) in [5.74, 6) is -2.67. The van der Waals surface area contributed by atoms with E-state index in [1.54, 1.807) is 62.4 Å². The lowest BCUT2D eigenvalue weighted by Crippen LogP contribution is -2.69. The summed E-state index contributed by atoms with van der Waals surface area (Å²) in [7, 11) is 0. The van der Waals surface area contributed by atoms with Crippen LogP contribution in [0.4, 0.5) is 0 Å². The van der Waals surface area contributed by atoms with Crippen molar-refractivity contribution in [2.24, 2.45) is 10.8 Å². The number of hydrogen-bond donors (Lipinski definition) is 3. The van der Waals surface area contributed by atoms with E-state index in [1.807, 2.05) is 6.07 Å². The van der Waals surface area contributed by atoms with E-state index in [9.17, 15) is 24.0 Å². The molecule has 2 bridgehead atoms. The maximum Gasteiger partial charge on any atom is 0.348 e. The Balaban J connectivity index is 1.09. The average molecular weight is 706 g/mol.